The number of nitrogens with zero attached hydrogens (tertiary/aromatic N) is 4. The van der Waals surface area contributed by atoms with Crippen LogP contribution in [0.1, 0.15) is 27.0 Å². The van der Waals surface area contributed by atoms with Crippen LogP contribution < -0.4 is 14.8 Å². The fourth-order valence-corrected chi connectivity index (χ4v) is 7.34. The number of nitrogens with one attached hydrogen (secondary N) is 1. The van der Waals surface area contributed by atoms with Gasteiger partial charge in [0, 0.05) is 12.7 Å². The van der Waals surface area contributed by atoms with Gasteiger partial charge >= 0.3 is 0 Å². The minimum Gasteiger partial charge on any atom is -0.497 e. The number of anilines is 1. The Bertz CT molecular complexity index is 2060. The summed E-state index contributed by atoms with van der Waals surface area (Å²) in [4.78, 5) is 27.1. The Kier molecular flexibility index (Phi) is 9.23. The molecule has 3 N–H and O–H groups in total. The minimum absolute atomic E-state index is 0.174. The summed E-state index contributed by atoms with van der Waals surface area (Å²) in [5.74, 6) is 1.06. The van der Waals surface area contributed by atoms with Gasteiger partial charge in [-0.2, -0.15) is 0 Å². The zero-order valence-corrected chi connectivity index (χ0v) is 28.2. The fraction of sp³-hybridized carbons (Fsp3) is 0.231. The van der Waals surface area contributed by atoms with Gasteiger partial charge < -0.3 is 34.5 Å². The number of amides is 1. The first-order chi connectivity index (χ1) is 24.9. The highest BCUT2D eigenvalue weighted by molar-refractivity contribution is 6.06. The summed E-state index contributed by atoms with van der Waals surface area (Å²) in [6.45, 7) is -0.515. The van der Waals surface area contributed by atoms with Crippen LogP contribution in [0.25, 0.3) is 11.2 Å². The number of carbonyl (C=O) groups is 1. The van der Waals surface area contributed by atoms with E-state index in [-0.39, 0.29) is 22.9 Å². The van der Waals surface area contributed by atoms with E-state index < -0.39 is 36.1 Å². The van der Waals surface area contributed by atoms with Crippen LogP contribution in [0.15, 0.2) is 122 Å². The molecule has 260 valence electrons. The molecule has 0 spiro atoms. The van der Waals surface area contributed by atoms with Gasteiger partial charge in [0.05, 0.1) is 32.6 Å². The van der Waals surface area contributed by atoms with Crippen molar-refractivity contribution in [2.75, 3.05) is 33.3 Å². The lowest BCUT2D eigenvalue weighted by molar-refractivity contribution is -0.182. The van der Waals surface area contributed by atoms with Crippen molar-refractivity contribution in [3.05, 3.63) is 144 Å². The summed E-state index contributed by atoms with van der Waals surface area (Å²) in [6.07, 6.45) is -0.659. The van der Waals surface area contributed by atoms with Crippen LogP contribution in [-0.2, 0) is 20.6 Å². The molecule has 4 atom stereocenters. The molecule has 1 aliphatic heterocycles. The van der Waals surface area contributed by atoms with E-state index in [1.54, 1.807) is 49.4 Å². The Morgan fingerprint density at radius 2 is 1.39 bits per heavy atom. The van der Waals surface area contributed by atoms with E-state index in [4.69, 9.17) is 23.9 Å². The van der Waals surface area contributed by atoms with Crippen molar-refractivity contribution < 1.29 is 34.0 Å². The van der Waals surface area contributed by atoms with Crippen molar-refractivity contribution >= 4 is 22.9 Å². The van der Waals surface area contributed by atoms with Crippen molar-refractivity contribution in [3.63, 3.8) is 0 Å². The standard InChI is InChI=1S/C39H37N5O7/c1-48-29-18-14-27(15-19-29)38(26-12-8-5-9-13-26,28-16-20-30(49-2)21-17-28)39(34(50-3)33(46)31(22-45)51-39)44-24-42-32-35(40-23-41-36(32)44)43-37(47)25-10-6-4-7-11-25/h4-21,23-24,31,33-34,45-46H,22H2,1-3H3,(H,40,41,43,47)/t31-,33-,34-,39+/m1/s1. The third-order valence-corrected chi connectivity index (χ3v) is 9.59. The molecular formula is C39H37N5O7. The largest absolute Gasteiger partial charge is 0.497 e. The SMILES string of the molecule is COc1ccc(C(c2ccccc2)(c2ccc(OC)cc2)[C@@]2(n3cnc4c(NC(=O)c5ccccc5)ncnc43)O[C@H](CO)[C@@H](O)[C@H]2OC)cc1. The molecule has 12 heteroatoms. The van der Waals surface area contributed by atoms with Crippen LogP contribution in [0, 0.1) is 0 Å². The van der Waals surface area contributed by atoms with Gasteiger partial charge in [0.1, 0.15) is 36.1 Å². The molecule has 0 unspecified atom stereocenters. The molecule has 1 saturated heterocycles. The molecule has 0 bridgehead atoms. The van der Waals surface area contributed by atoms with Crippen LogP contribution >= 0.6 is 0 Å². The minimum atomic E-state index is -1.75. The van der Waals surface area contributed by atoms with E-state index in [2.05, 4.69) is 15.3 Å². The van der Waals surface area contributed by atoms with Crippen LogP contribution in [0.4, 0.5) is 5.82 Å². The number of carbonyl (C=O) groups excluding carboxylic acids is 1. The number of benzene rings is 4. The van der Waals surface area contributed by atoms with Crippen molar-refractivity contribution in [2.45, 2.75) is 29.5 Å². The Labute approximate surface area is 294 Å². The molecule has 51 heavy (non-hydrogen) atoms. The third kappa shape index (κ3) is 5.40. The summed E-state index contributed by atoms with van der Waals surface area (Å²) in [7, 11) is 4.68. The molecule has 7 rings (SSSR count). The molecule has 12 nitrogen and oxygen atoms in total. The number of aromatic nitrogens is 4. The third-order valence-electron chi connectivity index (χ3n) is 9.59. The first-order valence-electron chi connectivity index (χ1n) is 16.3. The normalized spacial score (nSPS) is 20.3. The Morgan fingerprint density at radius 3 is 1.94 bits per heavy atom. The lowest BCUT2D eigenvalue weighted by Gasteiger charge is -2.52. The number of hydrogen-bond acceptors (Lipinski definition) is 10. The zero-order valence-electron chi connectivity index (χ0n) is 28.2. The molecule has 1 amide bonds. The molecule has 0 saturated carbocycles. The maximum Gasteiger partial charge on any atom is 0.256 e. The Hall–Kier alpha value is -5.66. The van der Waals surface area contributed by atoms with Gasteiger partial charge in [-0.1, -0.05) is 72.8 Å². The molecule has 2 aromatic heterocycles. The summed E-state index contributed by atoms with van der Waals surface area (Å²) in [5.41, 5.74) is 0.128. The summed E-state index contributed by atoms with van der Waals surface area (Å²) < 4.78 is 26.2. The van der Waals surface area contributed by atoms with Crippen molar-refractivity contribution in [3.8, 4) is 11.5 Å². The fourth-order valence-electron chi connectivity index (χ4n) is 7.34. The molecule has 0 aliphatic carbocycles. The number of imidazole rings is 1. The number of hydrogen-bond donors (Lipinski definition) is 3. The van der Waals surface area contributed by atoms with E-state index in [0.29, 0.717) is 17.1 Å². The predicted molar refractivity (Wildman–Crippen MR) is 189 cm³/mol. The number of ether oxygens (including phenoxy) is 4. The van der Waals surface area contributed by atoms with E-state index in [1.165, 1.54) is 13.4 Å². The van der Waals surface area contributed by atoms with Crippen molar-refractivity contribution in [1.29, 1.82) is 0 Å². The summed E-state index contributed by atoms with van der Waals surface area (Å²) in [5, 5.41) is 25.5. The van der Waals surface area contributed by atoms with Crippen molar-refractivity contribution in [2.24, 2.45) is 0 Å². The molecule has 6 aromatic rings. The number of fused-ring (bicyclic) bond motifs is 1. The van der Waals surface area contributed by atoms with E-state index in [9.17, 15) is 15.0 Å². The summed E-state index contributed by atoms with van der Waals surface area (Å²) >= 11 is 0. The van der Waals surface area contributed by atoms with Gasteiger partial charge in [0.25, 0.3) is 5.91 Å². The van der Waals surface area contributed by atoms with E-state index in [1.807, 2.05) is 84.9 Å². The molecule has 1 fully saturated rings. The number of rotatable bonds is 11. The molecule has 0 radical (unpaired) electrons. The lowest BCUT2D eigenvalue weighted by atomic mass is 9.60. The molecule has 1 aliphatic rings. The van der Waals surface area contributed by atoms with Gasteiger partial charge in [-0.05, 0) is 53.1 Å². The van der Waals surface area contributed by atoms with Crippen molar-refractivity contribution in [1.82, 2.24) is 19.5 Å². The highest BCUT2D eigenvalue weighted by Crippen LogP contribution is 2.58. The van der Waals surface area contributed by atoms with Crippen LogP contribution in [0.3, 0.4) is 0 Å². The van der Waals surface area contributed by atoms with Crippen LogP contribution in [0.2, 0.25) is 0 Å². The predicted octanol–water partition coefficient (Wildman–Crippen LogP) is 4.55. The highest BCUT2D eigenvalue weighted by atomic mass is 16.6. The van der Waals surface area contributed by atoms with Gasteiger partial charge in [0.15, 0.2) is 22.7 Å². The lowest BCUT2D eigenvalue weighted by Crippen LogP contribution is -2.61. The second-order valence-corrected chi connectivity index (χ2v) is 12.1. The average molecular weight is 688 g/mol. The maximum absolute atomic E-state index is 13.3. The summed E-state index contributed by atoms with van der Waals surface area (Å²) in [6, 6.07) is 33.7. The smallest absolute Gasteiger partial charge is 0.256 e. The zero-order chi connectivity index (χ0) is 35.6. The number of aliphatic hydroxyl groups excluding tert-OH is 2. The number of methoxy groups -OCH3 is 3. The number of aliphatic hydroxyl groups is 2. The first kappa shape index (κ1) is 33.8. The highest BCUT2D eigenvalue weighted by Gasteiger charge is 2.69. The van der Waals surface area contributed by atoms with Gasteiger partial charge in [-0.25, -0.2) is 15.0 Å². The van der Waals surface area contributed by atoms with E-state index >= 15 is 0 Å². The Balaban J connectivity index is 1.59. The average Bonchev–Trinajstić information content (AvgIpc) is 3.76. The topological polar surface area (TPSA) is 150 Å². The first-order valence-corrected chi connectivity index (χ1v) is 16.3. The molecular weight excluding hydrogens is 650 g/mol. The van der Waals surface area contributed by atoms with Crippen LogP contribution in [0.5, 0.6) is 11.5 Å². The van der Waals surface area contributed by atoms with Crippen LogP contribution in [-0.4, -0.2) is 81.9 Å². The monoisotopic (exact) mass is 687 g/mol. The molecule has 4 aromatic carbocycles. The van der Waals surface area contributed by atoms with Gasteiger partial charge in [0.2, 0.25) is 0 Å². The Morgan fingerprint density at radius 1 is 0.824 bits per heavy atom. The quantitative estimate of drug-likeness (QED) is 0.166. The second kappa shape index (κ2) is 13.9. The molecule has 3 heterocycles. The van der Waals surface area contributed by atoms with Gasteiger partial charge in [-0.15, -0.1) is 0 Å². The van der Waals surface area contributed by atoms with Gasteiger partial charge in [-0.3, -0.25) is 9.36 Å². The second-order valence-electron chi connectivity index (χ2n) is 12.1. The maximum atomic E-state index is 13.3. The van der Waals surface area contributed by atoms with E-state index in [0.717, 1.165) is 16.7 Å².